The molecule has 2 aromatic carbocycles. The Morgan fingerprint density at radius 3 is 2.25 bits per heavy atom. The molecule has 7 nitrogen and oxygen atoms in total. The van der Waals surface area contributed by atoms with Gasteiger partial charge in [-0.15, -0.1) is 0 Å². The van der Waals surface area contributed by atoms with Crippen LogP contribution in [-0.4, -0.2) is 36.1 Å². The van der Waals surface area contributed by atoms with Crippen LogP contribution in [0.1, 0.15) is 15.9 Å². The molecule has 0 atom stereocenters. The Bertz CT molecular complexity index is 894. The van der Waals surface area contributed by atoms with Gasteiger partial charge in [0, 0.05) is 18.1 Å². The first-order chi connectivity index (χ1) is 13.6. The van der Waals surface area contributed by atoms with Crippen LogP contribution in [-0.2, 0) is 0 Å². The lowest BCUT2D eigenvalue weighted by Crippen LogP contribution is -2.28. The summed E-state index contributed by atoms with van der Waals surface area (Å²) < 4.78 is 10.7. The van der Waals surface area contributed by atoms with Gasteiger partial charge in [0.1, 0.15) is 18.1 Å². The highest BCUT2D eigenvalue weighted by atomic mass is 16.5. The fourth-order valence-electron chi connectivity index (χ4n) is 2.38. The summed E-state index contributed by atoms with van der Waals surface area (Å²) >= 11 is 0. The van der Waals surface area contributed by atoms with Crippen LogP contribution in [0.15, 0.2) is 60.9 Å². The first-order valence-electron chi connectivity index (χ1n) is 8.85. The van der Waals surface area contributed by atoms with Crippen LogP contribution in [0.5, 0.6) is 11.5 Å². The summed E-state index contributed by atoms with van der Waals surface area (Å²) in [5.74, 6) is 1.66. The number of hydrogen-bond acceptors (Lipinski definition) is 6. The maximum atomic E-state index is 12.2. The van der Waals surface area contributed by atoms with Crippen LogP contribution < -0.4 is 20.1 Å². The largest absolute Gasteiger partial charge is 0.497 e. The average molecular weight is 378 g/mol. The number of anilines is 2. The van der Waals surface area contributed by atoms with Gasteiger partial charge in [0.15, 0.2) is 0 Å². The van der Waals surface area contributed by atoms with Crippen molar-refractivity contribution in [3.63, 3.8) is 0 Å². The SMILES string of the molecule is COc1ccc(OCCNC(=O)c2cnc(Nc3ccc(C)cc3)nc2)cc1. The zero-order chi connectivity index (χ0) is 19.8. The molecule has 3 rings (SSSR count). The molecule has 0 aliphatic carbocycles. The second kappa shape index (κ2) is 9.36. The smallest absolute Gasteiger partial charge is 0.254 e. The van der Waals surface area contributed by atoms with Crippen molar-refractivity contribution in [3.05, 3.63) is 72.1 Å². The first kappa shape index (κ1) is 19.2. The van der Waals surface area contributed by atoms with E-state index in [9.17, 15) is 4.79 Å². The van der Waals surface area contributed by atoms with Crippen molar-refractivity contribution >= 4 is 17.5 Å². The average Bonchev–Trinajstić information content (AvgIpc) is 2.73. The Morgan fingerprint density at radius 1 is 0.964 bits per heavy atom. The van der Waals surface area contributed by atoms with Crippen LogP contribution in [0, 0.1) is 6.92 Å². The van der Waals surface area contributed by atoms with Gasteiger partial charge in [-0.2, -0.15) is 0 Å². The molecule has 1 aromatic heterocycles. The molecule has 144 valence electrons. The lowest BCUT2D eigenvalue weighted by molar-refractivity contribution is 0.0946. The van der Waals surface area contributed by atoms with E-state index in [4.69, 9.17) is 9.47 Å². The second-order valence-corrected chi connectivity index (χ2v) is 6.07. The topological polar surface area (TPSA) is 85.4 Å². The number of carbonyl (C=O) groups excluding carboxylic acids is 1. The van der Waals surface area contributed by atoms with Crippen LogP contribution >= 0.6 is 0 Å². The summed E-state index contributed by atoms with van der Waals surface area (Å²) in [4.78, 5) is 20.5. The number of amides is 1. The van der Waals surface area contributed by atoms with E-state index in [0.717, 1.165) is 11.4 Å². The van der Waals surface area contributed by atoms with Crippen molar-refractivity contribution in [2.24, 2.45) is 0 Å². The molecule has 0 bridgehead atoms. The van der Waals surface area contributed by atoms with Crippen molar-refractivity contribution < 1.29 is 14.3 Å². The highest BCUT2D eigenvalue weighted by Gasteiger charge is 2.07. The number of carbonyl (C=O) groups is 1. The van der Waals surface area contributed by atoms with Crippen LogP contribution in [0.3, 0.4) is 0 Å². The van der Waals surface area contributed by atoms with Gasteiger partial charge in [-0.3, -0.25) is 4.79 Å². The van der Waals surface area contributed by atoms with Gasteiger partial charge in [-0.1, -0.05) is 17.7 Å². The Hall–Kier alpha value is -3.61. The summed E-state index contributed by atoms with van der Waals surface area (Å²) in [7, 11) is 1.61. The Labute approximate surface area is 163 Å². The highest BCUT2D eigenvalue weighted by Crippen LogP contribution is 2.16. The number of rotatable bonds is 8. The van der Waals surface area contributed by atoms with E-state index in [0.29, 0.717) is 30.4 Å². The van der Waals surface area contributed by atoms with E-state index in [1.807, 2.05) is 55.5 Å². The highest BCUT2D eigenvalue weighted by molar-refractivity contribution is 5.93. The molecule has 0 aliphatic heterocycles. The lowest BCUT2D eigenvalue weighted by atomic mass is 10.2. The molecule has 2 N–H and O–H groups in total. The third-order valence-corrected chi connectivity index (χ3v) is 3.94. The molecule has 0 aliphatic rings. The Morgan fingerprint density at radius 2 is 1.61 bits per heavy atom. The monoisotopic (exact) mass is 378 g/mol. The number of nitrogens with zero attached hydrogens (tertiary/aromatic N) is 2. The van der Waals surface area contributed by atoms with Gasteiger partial charge in [-0.05, 0) is 43.3 Å². The summed E-state index contributed by atoms with van der Waals surface area (Å²) in [6.07, 6.45) is 2.98. The van der Waals surface area contributed by atoms with Gasteiger partial charge in [0.05, 0.1) is 19.2 Å². The number of aryl methyl sites for hydroxylation is 1. The maximum Gasteiger partial charge on any atom is 0.254 e. The second-order valence-electron chi connectivity index (χ2n) is 6.07. The minimum absolute atomic E-state index is 0.250. The van der Waals surface area contributed by atoms with Gasteiger partial charge in [-0.25, -0.2) is 9.97 Å². The minimum Gasteiger partial charge on any atom is -0.497 e. The summed E-state index contributed by atoms with van der Waals surface area (Å²) in [6.45, 7) is 2.75. The molecule has 0 fully saturated rings. The fraction of sp³-hybridized carbons (Fsp3) is 0.190. The van der Waals surface area contributed by atoms with Gasteiger partial charge >= 0.3 is 0 Å². The van der Waals surface area contributed by atoms with Crippen molar-refractivity contribution in [2.45, 2.75) is 6.92 Å². The van der Waals surface area contributed by atoms with E-state index >= 15 is 0 Å². The lowest BCUT2D eigenvalue weighted by Gasteiger charge is -2.09. The predicted molar refractivity (Wildman–Crippen MR) is 107 cm³/mol. The normalized spacial score (nSPS) is 10.2. The molecule has 28 heavy (non-hydrogen) atoms. The summed E-state index contributed by atoms with van der Waals surface area (Å²) in [5.41, 5.74) is 2.45. The van der Waals surface area contributed by atoms with E-state index in [-0.39, 0.29) is 5.91 Å². The van der Waals surface area contributed by atoms with Gasteiger partial charge in [0.25, 0.3) is 5.91 Å². The van der Waals surface area contributed by atoms with Crippen LogP contribution in [0.4, 0.5) is 11.6 Å². The van der Waals surface area contributed by atoms with Crippen LogP contribution in [0.2, 0.25) is 0 Å². The maximum absolute atomic E-state index is 12.2. The predicted octanol–water partition coefficient (Wildman–Crippen LogP) is 3.35. The number of aromatic nitrogens is 2. The van der Waals surface area contributed by atoms with Crippen molar-refractivity contribution in [1.29, 1.82) is 0 Å². The molecule has 1 heterocycles. The van der Waals surface area contributed by atoms with E-state index < -0.39 is 0 Å². The van der Waals surface area contributed by atoms with Crippen molar-refractivity contribution in [3.8, 4) is 11.5 Å². The molecule has 7 heteroatoms. The van der Waals surface area contributed by atoms with E-state index in [2.05, 4.69) is 20.6 Å². The first-order valence-corrected chi connectivity index (χ1v) is 8.85. The molecule has 0 saturated carbocycles. The molecule has 0 saturated heterocycles. The number of benzene rings is 2. The zero-order valence-corrected chi connectivity index (χ0v) is 15.8. The summed E-state index contributed by atoms with van der Waals surface area (Å²) in [6, 6.07) is 15.2. The third-order valence-electron chi connectivity index (χ3n) is 3.94. The number of methoxy groups -OCH3 is 1. The Balaban J connectivity index is 1.44. The van der Waals surface area contributed by atoms with Crippen LogP contribution in [0.25, 0.3) is 0 Å². The van der Waals surface area contributed by atoms with E-state index in [1.54, 1.807) is 7.11 Å². The number of hydrogen-bond donors (Lipinski definition) is 2. The Kier molecular flexibility index (Phi) is 6.41. The number of ether oxygens (including phenoxy) is 2. The molecule has 0 radical (unpaired) electrons. The molecule has 1 amide bonds. The van der Waals surface area contributed by atoms with Crippen molar-refractivity contribution in [1.82, 2.24) is 15.3 Å². The van der Waals surface area contributed by atoms with Gasteiger partial charge in [0.2, 0.25) is 5.95 Å². The zero-order valence-electron chi connectivity index (χ0n) is 15.8. The molecular formula is C21H22N4O3. The standard InChI is InChI=1S/C21H22N4O3/c1-15-3-5-17(6-4-15)25-21-23-13-16(14-24-21)20(26)22-11-12-28-19-9-7-18(27-2)8-10-19/h3-10,13-14H,11-12H2,1-2H3,(H,22,26)(H,23,24,25). The quantitative estimate of drug-likeness (QED) is 0.585. The van der Waals surface area contributed by atoms with E-state index in [1.165, 1.54) is 18.0 Å². The molecule has 0 spiro atoms. The molecular weight excluding hydrogens is 356 g/mol. The fourth-order valence-corrected chi connectivity index (χ4v) is 2.38. The minimum atomic E-state index is -0.250. The molecule has 3 aromatic rings. The molecule has 0 unspecified atom stereocenters. The number of nitrogens with one attached hydrogen (secondary N) is 2. The van der Waals surface area contributed by atoms with Crippen molar-refractivity contribution in [2.75, 3.05) is 25.6 Å². The summed E-state index contributed by atoms with van der Waals surface area (Å²) in [5, 5.41) is 5.87. The van der Waals surface area contributed by atoms with Gasteiger partial charge < -0.3 is 20.1 Å². The third kappa shape index (κ3) is 5.44.